The minimum atomic E-state index is -0.466. The summed E-state index contributed by atoms with van der Waals surface area (Å²) in [5.74, 6) is 0. The van der Waals surface area contributed by atoms with Crippen LogP contribution in [0, 0.1) is 0 Å². The summed E-state index contributed by atoms with van der Waals surface area (Å²) in [7, 11) is 0. The lowest BCUT2D eigenvalue weighted by Gasteiger charge is -2.34. The van der Waals surface area contributed by atoms with Crippen LogP contribution in [-0.2, 0) is 5.41 Å². The number of nitrogens with zero attached hydrogens (tertiary/aromatic N) is 1. The van der Waals surface area contributed by atoms with Crippen LogP contribution in [0.2, 0.25) is 0 Å². The SMILES string of the molecule is c1ccc(C2(c3ccc(N(c4ccc(-c5cccc6c5sc5ccccc56)cc4)c4cccc5c4oc4ccccc45)cc3)c3ccccc3-c3ccccc32)cc1. The molecule has 0 N–H and O–H groups in total. The van der Waals surface area contributed by atoms with Crippen LogP contribution in [0.4, 0.5) is 17.1 Å². The van der Waals surface area contributed by atoms with Crippen molar-refractivity contribution in [3.05, 3.63) is 235 Å². The van der Waals surface area contributed by atoms with E-state index in [-0.39, 0.29) is 0 Å². The van der Waals surface area contributed by atoms with Crippen LogP contribution in [0.5, 0.6) is 0 Å². The van der Waals surface area contributed by atoms with E-state index in [0.717, 1.165) is 39.0 Å². The predicted octanol–water partition coefficient (Wildman–Crippen LogP) is 15.5. The van der Waals surface area contributed by atoms with Crippen molar-refractivity contribution in [1.82, 2.24) is 0 Å². The van der Waals surface area contributed by atoms with Gasteiger partial charge in [-0.05, 0) is 87.0 Å². The smallest absolute Gasteiger partial charge is 0.159 e. The van der Waals surface area contributed by atoms with Crippen LogP contribution in [0.1, 0.15) is 22.3 Å². The molecule has 2 aromatic heterocycles. The summed E-state index contributed by atoms with van der Waals surface area (Å²) in [6.07, 6.45) is 0. The molecule has 272 valence electrons. The van der Waals surface area contributed by atoms with Gasteiger partial charge in [0.25, 0.3) is 0 Å². The van der Waals surface area contributed by atoms with Crippen LogP contribution in [0.3, 0.4) is 0 Å². The molecule has 1 aliphatic rings. The summed E-state index contributed by atoms with van der Waals surface area (Å²) < 4.78 is 9.33. The molecule has 0 fully saturated rings. The molecule has 58 heavy (non-hydrogen) atoms. The number of thiophene rings is 1. The Kier molecular flexibility index (Phi) is 7.35. The van der Waals surface area contributed by atoms with Crippen LogP contribution in [0.25, 0.3) is 64.4 Å². The van der Waals surface area contributed by atoms with Gasteiger partial charge in [0.2, 0.25) is 0 Å². The third-order valence-corrected chi connectivity index (χ3v) is 13.4. The fourth-order valence-corrected chi connectivity index (χ4v) is 10.9. The monoisotopic (exact) mass is 757 g/mol. The molecule has 0 amide bonds. The van der Waals surface area contributed by atoms with Gasteiger partial charge in [-0.25, -0.2) is 0 Å². The number of fused-ring (bicyclic) bond motifs is 9. The van der Waals surface area contributed by atoms with Gasteiger partial charge in [-0.15, -0.1) is 11.3 Å². The standard InChI is InChI=1S/C55H35NOS/c1-2-14-37(15-3-1)55(48-23-8-4-16-42(48)43-17-5-9-24-49(43)55)38-30-34-40(35-31-38)56(50-25-13-21-46-44-18-6-10-26-51(44)57-53(46)50)39-32-28-36(29-33-39)41-20-12-22-47-45-19-7-11-27-52(45)58-54(41)47/h1-35H. The van der Waals surface area contributed by atoms with Crippen molar-refractivity contribution in [1.29, 1.82) is 0 Å². The van der Waals surface area contributed by atoms with Crippen molar-refractivity contribution < 1.29 is 4.42 Å². The van der Waals surface area contributed by atoms with Gasteiger partial charge in [0.15, 0.2) is 5.58 Å². The van der Waals surface area contributed by atoms with Gasteiger partial charge >= 0.3 is 0 Å². The van der Waals surface area contributed by atoms with Crippen molar-refractivity contribution in [3.8, 4) is 22.3 Å². The molecule has 0 atom stereocenters. The molecule has 0 aliphatic heterocycles. The van der Waals surface area contributed by atoms with Crippen molar-refractivity contribution in [2.75, 3.05) is 4.90 Å². The quantitative estimate of drug-likeness (QED) is 0.168. The molecule has 2 nitrogen and oxygen atoms in total. The maximum atomic E-state index is 6.69. The van der Waals surface area contributed by atoms with E-state index < -0.39 is 5.41 Å². The lowest BCUT2D eigenvalue weighted by atomic mass is 9.68. The van der Waals surface area contributed by atoms with Crippen molar-refractivity contribution in [3.63, 3.8) is 0 Å². The van der Waals surface area contributed by atoms with E-state index in [0.29, 0.717) is 0 Å². The fraction of sp³-hybridized carbons (Fsp3) is 0.0182. The Morgan fingerprint density at radius 3 is 1.71 bits per heavy atom. The normalized spacial score (nSPS) is 13.0. The van der Waals surface area contributed by atoms with Crippen LogP contribution < -0.4 is 4.90 Å². The minimum absolute atomic E-state index is 0.466. The lowest BCUT2D eigenvalue weighted by molar-refractivity contribution is 0.669. The second-order valence-electron chi connectivity index (χ2n) is 15.2. The molecule has 12 rings (SSSR count). The fourth-order valence-electron chi connectivity index (χ4n) is 9.67. The molecule has 9 aromatic carbocycles. The molecule has 0 saturated heterocycles. The molecular weight excluding hydrogens is 723 g/mol. The first kappa shape index (κ1) is 33.0. The number of hydrogen-bond acceptors (Lipinski definition) is 3. The van der Waals surface area contributed by atoms with E-state index in [4.69, 9.17) is 4.42 Å². The van der Waals surface area contributed by atoms with E-state index in [1.807, 2.05) is 17.4 Å². The number of rotatable bonds is 6. The summed E-state index contributed by atoms with van der Waals surface area (Å²) in [6.45, 7) is 0. The molecule has 0 saturated carbocycles. The van der Waals surface area contributed by atoms with Crippen molar-refractivity contribution in [2.24, 2.45) is 0 Å². The lowest BCUT2D eigenvalue weighted by Crippen LogP contribution is -2.28. The molecule has 2 heterocycles. The molecule has 0 bridgehead atoms. The maximum Gasteiger partial charge on any atom is 0.159 e. The molecule has 1 aliphatic carbocycles. The van der Waals surface area contributed by atoms with Gasteiger partial charge in [0.05, 0.1) is 11.1 Å². The maximum absolute atomic E-state index is 6.69. The summed E-state index contributed by atoms with van der Waals surface area (Å²) in [5.41, 5.74) is 14.5. The molecule has 3 heteroatoms. The Morgan fingerprint density at radius 2 is 0.948 bits per heavy atom. The van der Waals surface area contributed by atoms with Crippen molar-refractivity contribution in [2.45, 2.75) is 5.41 Å². The van der Waals surface area contributed by atoms with Gasteiger partial charge in [0.1, 0.15) is 5.58 Å². The average molecular weight is 758 g/mol. The summed E-state index contributed by atoms with van der Waals surface area (Å²) in [5, 5.41) is 4.84. The zero-order valence-electron chi connectivity index (χ0n) is 31.5. The van der Waals surface area contributed by atoms with Gasteiger partial charge in [-0.1, -0.05) is 170 Å². The average Bonchev–Trinajstić information content (AvgIpc) is 3.97. The van der Waals surface area contributed by atoms with E-state index >= 15 is 0 Å². The minimum Gasteiger partial charge on any atom is -0.454 e. The number of benzene rings is 9. The first-order chi connectivity index (χ1) is 28.8. The molecule has 0 radical (unpaired) electrons. The zero-order valence-corrected chi connectivity index (χ0v) is 32.3. The molecule has 0 unspecified atom stereocenters. The number of para-hydroxylation sites is 2. The summed E-state index contributed by atoms with van der Waals surface area (Å²) in [4.78, 5) is 2.35. The Bertz CT molecular complexity index is 3290. The number of anilines is 3. The Hall–Kier alpha value is -7.20. The highest BCUT2D eigenvalue weighted by Crippen LogP contribution is 2.56. The molecule has 11 aromatic rings. The highest BCUT2D eigenvalue weighted by molar-refractivity contribution is 7.26. The molecular formula is C55H35NOS. The second-order valence-corrected chi connectivity index (χ2v) is 16.2. The largest absolute Gasteiger partial charge is 0.454 e. The zero-order chi connectivity index (χ0) is 38.2. The van der Waals surface area contributed by atoms with Crippen molar-refractivity contribution >= 4 is 70.5 Å². The number of hydrogen-bond donors (Lipinski definition) is 0. The molecule has 0 spiro atoms. The Morgan fingerprint density at radius 1 is 0.397 bits per heavy atom. The van der Waals surface area contributed by atoms with Gasteiger partial charge in [-0.2, -0.15) is 0 Å². The van der Waals surface area contributed by atoms with E-state index in [1.165, 1.54) is 64.7 Å². The van der Waals surface area contributed by atoms with Gasteiger partial charge in [-0.3, -0.25) is 0 Å². The highest BCUT2D eigenvalue weighted by atomic mass is 32.1. The summed E-state index contributed by atoms with van der Waals surface area (Å²) >= 11 is 1.87. The van der Waals surface area contributed by atoms with E-state index in [1.54, 1.807) is 0 Å². The third kappa shape index (κ3) is 4.78. The Balaban J connectivity index is 1.04. The predicted molar refractivity (Wildman–Crippen MR) is 244 cm³/mol. The van der Waals surface area contributed by atoms with Gasteiger partial charge in [0, 0.05) is 42.3 Å². The topological polar surface area (TPSA) is 16.4 Å². The van der Waals surface area contributed by atoms with Crippen LogP contribution >= 0.6 is 11.3 Å². The summed E-state index contributed by atoms with van der Waals surface area (Å²) in [6, 6.07) is 77.3. The van der Waals surface area contributed by atoms with E-state index in [2.05, 4.69) is 211 Å². The van der Waals surface area contributed by atoms with Crippen LogP contribution in [-0.4, -0.2) is 0 Å². The number of furan rings is 1. The first-order valence-corrected chi connectivity index (χ1v) is 20.7. The first-order valence-electron chi connectivity index (χ1n) is 19.8. The Labute approximate surface area is 340 Å². The highest BCUT2D eigenvalue weighted by Gasteiger charge is 2.45. The second kappa shape index (κ2) is 12.9. The third-order valence-electron chi connectivity index (χ3n) is 12.2. The van der Waals surface area contributed by atoms with Crippen LogP contribution in [0.15, 0.2) is 217 Å². The van der Waals surface area contributed by atoms with E-state index in [9.17, 15) is 0 Å². The van der Waals surface area contributed by atoms with Gasteiger partial charge < -0.3 is 9.32 Å².